The standard InChI is InChI=1S/C35H78N6/c1-21(2)31(16,37)27(12)38-33(18,23(5)6)29(14)40-35(20,25(9)10)30(15)41-34(19,24(7)8)28(13)39-32(17,22(3)4)26(11)36/h21-30,38-41H,36-37H2,1-20H3. The Morgan fingerprint density at radius 2 is 0.585 bits per heavy atom. The van der Waals surface area contributed by atoms with Crippen molar-refractivity contribution in [3.63, 3.8) is 0 Å². The maximum Gasteiger partial charge on any atom is 0.0330 e. The van der Waals surface area contributed by atoms with E-state index in [2.05, 4.69) is 160 Å². The maximum atomic E-state index is 6.83. The van der Waals surface area contributed by atoms with Crippen LogP contribution < -0.4 is 32.7 Å². The number of rotatable bonds is 18. The second-order valence-electron chi connectivity index (χ2n) is 16.5. The summed E-state index contributed by atoms with van der Waals surface area (Å²) < 4.78 is 0. The van der Waals surface area contributed by atoms with E-state index in [0.29, 0.717) is 29.6 Å². The van der Waals surface area contributed by atoms with Crippen molar-refractivity contribution < 1.29 is 0 Å². The Balaban J connectivity index is 6.35. The lowest BCUT2D eigenvalue weighted by Gasteiger charge is -2.54. The van der Waals surface area contributed by atoms with E-state index in [1.54, 1.807) is 0 Å². The zero-order valence-electron chi connectivity index (χ0n) is 31.4. The lowest BCUT2D eigenvalue weighted by molar-refractivity contribution is 0.0652. The molecule has 0 spiro atoms. The number of nitrogens with one attached hydrogen (secondary N) is 4. The molecule has 0 saturated carbocycles. The SMILES string of the molecule is CC(C)C(C)(N)C(C)NC(C)(C(C)C)C(C)NC(C)(C(C)C)C(C)NC(C)(C(C)C)C(C)NC(C)(C(C)C)C(C)N. The van der Waals surface area contributed by atoms with Crippen molar-refractivity contribution in [3.05, 3.63) is 0 Å². The number of hydrogen-bond donors (Lipinski definition) is 6. The third kappa shape index (κ3) is 8.91. The summed E-state index contributed by atoms with van der Waals surface area (Å²) >= 11 is 0. The van der Waals surface area contributed by atoms with Gasteiger partial charge in [-0.2, -0.15) is 0 Å². The molecule has 0 aromatic heterocycles. The zero-order valence-corrected chi connectivity index (χ0v) is 31.4. The Hall–Kier alpha value is -0.240. The molecule has 0 aliphatic carbocycles. The van der Waals surface area contributed by atoms with Crippen LogP contribution in [0.5, 0.6) is 0 Å². The highest BCUT2D eigenvalue weighted by Crippen LogP contribution is 2.33. The highest BCUT2D eigenvalue weighted by Gasteiger charge is 2.47. The lowest BCUT2D eigenvalue weighted by atomic mass is 9.73. The molecule has 6 heteroatoms. The molecule has 0 heterocycles. The number of hydrogen-bond acceptors (Lipinski definition) is 6. The normalized spacial score (nSPS) is 24.4. The Bertz CT molecular complexity index is 767. The van der Waals surface area contributed by atoms with Crippen LogP contribution in [0.1, 0.15) is 138 Å². The smallest absolute Gasteiger partial charge is 0.0330 e. The molecule has 0 aliphatic rings. The molecule has 0 saturated heterocycles. The van der Waals surface area contributed by atoms with E-state index < -0.39 is 0 Å². The maximum absolute atomic E-state index is 6.83. The summed E-state index contributed by atoms with van der Waals surface area (Å²) in [6.07, 6.45) is 0. The van der Waals surface area contributed by atoms with Gasteiger partial charge in [-0.25, -0.2) is 0 Å². The molecule has 0 bridgehead atoms. The van der Waals surface area contributed by atoms with Crippen LogP contribution in [0.2, 0.25) is 0 Å². The minimum atomic E-state index is -0.306. The molecule has 0 radical (unpaired) electrons. The third-order valence-electron chi connectivity index (χ3n) is 12.7. The van der Waals surface area contributed by atoms with Crippen LogP contribution in [-0.2, 0) is 0 Å². The first-order valence-electron chi connectivity index (χ1n) is 16.8. The first-order chi connectivity index (χ1) is 18.2. The van der Waals surface area contributed by atoms with Gasteiger partial charge in [-0.1, -0.05) is 69.2 Å². The van der Waals surface area contributed by atoms with E-state index in [9.17, 15) is 0 Å². The summed E-state index contributed by atoms with van der Waals surface area (Å²) in [7, 11) is 0. The van der Waals surface area contributed by atoms with Gasteiger partial charge in [0.15, 0.2) is 0 Å². The van der Waals surface area contributed by atoms with Gasteiger partial charge in [0.25, 0.3) is 0 Å². The molecule has 248 valence electrons. The quantitative estimate of drug-likeness (QED) is 0.114. The Kier molecular flexibility index (Phi) is 14.6. The van der Waals surface area contributed by atoms with Crippen LogP contribution in [0.15, 0.2) is 0 Å². The predicted octanol–water partition coefficient (Wildman–Crippen LogP) is 6.28. The van der Waals surface area contributed by atoms with Crippen LogP contribution in [0, 0.1) is 29.6 Å². The molecular weight excluding hydrogens is 504 g/mol. The van der Waals surface area contributed by atoms with Crippen molar-refractivity contribution in [2.24, 2.45) is 41.1 Å². The fraction of sp³-hybridized carbons (Fsp3) is 1.00. The van der Waals surface area contributed by atoms with Gasteiger partial charge in [0, 0.05) is 57.9 Å². The molecule has 8 N–H and O–H groups in total. The van der Waals surface area contributed by atoms with E-state index in [0.717, 1.165) is 0 Å². The summed E-state index contributed by atoms with van der Waals surface area (Å²) in [6.45, 7) is 46.0. The van der Waals surface area contributed by atoms with Crippen molar-refractivity contribution in [1.82, 2.24) is 21.3 Å². The molecule has 0 fully saturated rings. The molecule has 6 nitrogen and oxygen atoms in total. The summed E-state index contributed by atoms with van der Waals surface area (Å²) in [5.41, 5.74) is 12.4. The summed E-state index contributed by atoms with van der Waals surface area (Å²) in [4.78, 5) is 0. The van der Waals surface area contributed by atoms with E-state index in [1.165, 1.54) is 0 Å². The molecular formula is C35H78N6. The monoisotopic (exact) mass is 583 g/mol. The van der Waals surface area contributed by atoms with E-state index in [4.69, 9.17) is 11.5 Å². The molecule has 0 aromatic carbocycles. The van der Waals surface area contributed by atoms with E-state index >= 15 is 0 Å². The molecule has 0 aromatic rings. The van der Waals surface area contributed by atoms with Crippen molar-refractivity contribution in [2.45, 2.75) is 196 Å². The minimum Gasteiger partial charge on any atom is -0.326 e. The summed E-state index contributed by atoms with van der Waals surface area (Å²) in [5, 5.41) is 16.4. The molecule has 10 unspecified atom stereocenters. The van der Waals surface area contributed by atoms with Crippen LogP contribution in [0.25, 0.3) is 0 Å². The first-order valence-corrected chi connectivity index (χ1v) is 16.8. The average molecular weight is 583 g/mol. The van der Waals surface area contributed by atoms with Gasteiger partial charge >= 0.3 is 0 Å². The van der Waals surface area contributed by atoms with Gasteiger partial charge in [0.2, 0.25) is 0 Å². The highest BCUT2D eigenvalue weighted by molar-refractivity contribution is 5.10. The summed E-state index contributed by atoms with van der Waals surface area (Å²) in [5.74, 6) is 2.01. The average Bonchev–Trinajstić information content (AvgIpc) is 2.82. The van der Waals surface area contributed by atoms with Gasteiger partial charge < -0.3 is 32.7 Å². The van der Waals surface area contributed by atoms with Crippen molar-refractivity contribution in [2.75, 3.05) is 0 Å². The highest BCUT2D eigenvalue weighted by atomic mass is 15.2. The Morgan fingerprint density at radius 3 is 0.780 bits per heavy atom. The minimum absolute atomic E-state index is 0.0388. The molecule has 0 rings (SSSR count). The van der Waals surface area contributed by atoms with Crippen LogP contribution in [0.3, 0.4) is 0 Å². The largest absolute Gasteiger partial charge is 0.326 e. The fourth-order valence-electron chi connectivity index (χ4n) is 6.17. The van der Waals surface area contributed by atoms with Gasteiger partial charge in [0.05, 0.1) is 0 Å². The van der Waals surface area contributed by atoms with Crippen molar-refractivity contribution >= 4 is 0 Å². The van der Waals surface area contributed by atoms with Gasteiger partial charge in [-0.05, 0) is 98.8 Å². The van der Waals surface area contributed by atoms with Gasteiger partial charge in [-0.15, -0.1) is 0 Å². The molecule has 41 heavy (non-hydrogen) atoms. The lowest BCUT2D eigenvalue weighted by Crippen LogP contribution is -2.75. The Morgan fingerprint density at radius 1 is 0.366 bits per heavy atom. The topological polar surface area (TPSA) is 100 Å². The van der Waals surface area contributed by atoms with E-state index in [-0.39, 0.29) is 57.9 Å². The second-order valence-corrected chi connectivity index (χ2v) is 16.5. The van der Waals surface area contributed by atoms with Gasteiger partial charge in [0.1, 0.15) is 0 Å². The Labute approximate surface area is 258 Å². The van der Waals surface area contributed by atoms with Crippen LogP contribution >= 0.6 is 0 Å². The third-order valence-corrected chi connectivity index (χ3v) is 12.7. The second kappa shape index (κ2) is 14.7. The first kappa shape index (κ1) is 40.8. The van der Waals surface area contributed by atoms with Crippen molar-refractivity contribution in [3.8, 4) is 0 Å². The molecule has 0 amide bonds. The molecule has 10 atom stereocenters. The fourth-order valence-corrected chi connectivity index (χ4v) is 6.17. The van der Waals surface area contributed by atoms with Crippen LogP contribution in [-0.4, -0.2) is 57.9 Å². The molecule has 0 aliphatic heterocycles. The zero-order chi connectivity index (χ0) is 33.1. The number of nitrogens with two attached hydrogens (primary N) is 2. The van der Waals surface area contributed by atoms with E-state index in [1.807, 2.05) is 0 Å². The van der Waals surface area contributed by atoms with Crippen LogP contribution in [0.4, 0.5) is 0 Å². The predicted molar refractivity (Wildman–Crippen MR) is 184 cm³/mol. The van der Waals surface area contributed by atoms with Crippen molar-refractivity contribution in [1.29, 1.82) is 0 Å². The van der Waals surface area contributed by atoms with Gasteiger partial charge in [-0.3, -0.25) is 0 Å². The summed E-state index contributed by atoms with van der Waals surface area (Å²) in [6, 6.07) is 0.811.